The van der Waals surface area contributed by atoms with Crippen LogP contribution in [0.15, 0.2) is 81.9 Å². The van der Waals surface area contributed by atoms with Gasteiger partial charge in [0.25, 0.3) is 5.56 Å². The average molecular weight is 421 g/mol. The molecule has 0 amide bonds. The van der Waals surface area contributed by atoms with Crippen LogP contribution in [0.25, 0.3) is 16.5 Å². The van der Waals surface area contributed by atoms with Crippen molar-refractivity contribution < 1.29 is 4.79 Å². The lowest BCUT2D eigenvalue weighted by Crippen LogP contribution is -2.42. The molecule has 0 saturated heterocycles. The predicted octanol–water partition coefficient (Wildman–Crippen LogP) is 3.40. The van der Waals surface area contributed by atoms with E-state index in [2.05, 4.69) is 5.32 Å². The fourth-order valence-corrected chi connectivity index (χ4v) is 5.07. The summed E-state index contributed by atoms with van der Waals surface area (Å²) in [6, 6.07) is 21.3. The van der Waals surface area contributed by atoms with Gasteiger partial charge in [-0.15, -0.1) is 0 Å². The summed E-state index contributed by atoms with van der Waals surface area (Å²) in [4.78, 5) is 39.8. The van der Waals surface area contributed by atoms with Crippen LogP contribution in [0, 0.1) is 0 Å². The number of nitrogens with zero attached hydrogens (tertiary/aromatic N) is 2. The molecule has 0 fully saturated rings. The molecule has 6 heteroatoms. The molecule has 1 aliphatic heterocycles. The van der Waals surface area contributed by atoms with Gasteiger partial charge in [0.1, 0.15) is 5.82 Å². The van der Waals surface area contributed by atoms with Gasteiger partial charge < -0.3 is 5.32 Å². The van der Waals surface area contributed by atoms with Crippen LogP contribution in [0.3, 0.4) is 0 Å². The third-order valence-corrected chi connectivity index (χ3v) is 6.61. The minimum Gasteiger partial charge on any atom is -0.340 e. The number of rotatable bonds is 1. The zero-order valence-corrected chi connectivity index (χ0v) is 17.5. The Balaban J connectivity index is 1.77. The summed E-state index contributed by atoms with van der Waals surface area (Å²) in [6.45, 7) is 0. The van der Waals surface area contributed by atoms with Crippen molar-refractivity contribution in [2.24, 2.45) is 14.1 Å². The molecule has 0 bridgehead atoms. The summed E-state index contributed by atoms with van der Waals surface area (Å²) in [5.41, 5.74) is 3.07. The lowest BCUT2D eigenvalue weighted by Gasteiger charge is -2.30. The Morgan fingerprint density at radius 2 is 1.47 bits per heavy atom. The molecule has 156 valence electrons. The molecule has 4 aromatic rings. The van der Waals surface area contributed by atoms with E-state index >= 15 is 0 Å². The summed E-state index contributed by atoms with van der Waals surface area (Å²) < 4.78 is 2.56. The molecule has 6 nitrogen and oxygen atoms in total. The van der Waals surface area contributed by atoms with Crippen molar-refractivity contribution in [3.63, 3.8) is 0 Å². The summed E-state index contributed by atoms with van der Waals surface area (Å²) in [7, 11) is 3.11. The molecule has 2 aliphatic rings. The molecule has 0 radical (unpaired) electrons. The Morgan fingerprint density at radius 3 is 2.28 bits per heavy atom. The first-order valence-corrected chi connectivity index (χ1v) is 10.4. The van der Waals surface area contributed by atoms with Gasteiger partial charge in [0.15, 0.2) is 5.78 Å². The average Bonchev–Trinajstić information content (AvgIpc) is 3.12. The van der Waals surface area contributed by atoms with E-state index in [4.69, 9.17) is 0 Å². The lowest BCUT2D eigenvalue weighted by atomic mass is 9.79. The normalized spacial score (nSPS) is 16.6. The molecule has 1 aliphatic carbocycles. The van der Waals surface area contributed by atoms with E-state index in [0.717, 1.165) is 26.5 Å². The molecule has 2 heterocycles. The highest BCUT2D eigenvalue weighted by atomic mass is 16.2. The zero-order valence-electron chi connectivity index (χ0n) is 17.5. The zero-order chi connectivity index (χ0) is 22.1. The van der Waals surface area contributed by atoms with Gasteiger partial charge in [-0.3, -0.25) is 18.7 Å². The molecule has 0 saturated carbocycles. The number of fused-ring (bicyclic) bond motifs is 4. The van der Waals surface area contributed by atoms with Crippen LogP contribution in [0.5, 0.6) is 0 Å². The second-order valence-electron chi connectivity index (χ2n) is 8.26. The molecule has 6 rings (SSSR count). The van der Waals surface area contributed by atoms with Crippen LogP contribution in [-0.2, 0) is 14.1 Å². The highest BCUT2D eigenvalue weighted by Gasteiger charge is 2.43. The van der Waals surface area contributed by atoms with Crippen molar-refractivity contribution >= 4 is 28.1 Å². The molecule has 1 N–H and O–H groups in total. The van der Waals surface area contributed by atoms with Gasteiger partial charge in [-0.2, -0.15) is 0 Å². The van der Waals surface area contributed by atoms with Crippen molar-refractivity contribution in [1.29, 1.82) is 0 Å². The highest BCUT2D eigenvalue weighted by Crippen LogP contribution is 2.48. The summed E-state index contributed by atoms with van der Waals surface area (Å²) >= 11 is 0. The number of allylic oxidation sites excluding steroid dienone is 1. The van der Waals surface area contributed by atoms with Gasteiger partial charge in [0, 0.05) is 36.7 Å². The molecular weight excluding hydrogens is 402 g/mol. The molecule has 3 aromatic carbocycles. The number of hydrogen-bond donors (Lipinski definition) is 1. The lowest BCUT2D eigenvalue weighted by molar-refractivity contribution is 0.103. The third kappa shape index (κ3) is 2.26. The number of aromatic nitrogens is 2. The molecule has 32 heavy (non-hydrogen) atoms. The summed E-state index contributed by atoms with van der Waals surface area (Å²) in [5, 5.41) is 5.28. The highest BCUT2D eigenvalue weighted by molar-refractivity contribution is 6.24. The number of Topliss-reactive ketones (excluding diaryl/α,β-unsaturated/α-hetero) is 1. The van der Waals surface area contributed by atoms with E-state index < -0.39 is 17.2 Å². The maximum Gasteiger partial charge on any atom is 0.332 e. The molecule has 1 unspecified atom stereocenters. The minimum atomic E-state index is -0.599. The monoisotopic (exact) mass is 421 g/mol. The second kappa shape index (κ2) is 6.40. The fourth-order valence-electron chi connectivity index (χ4n) is 5.07. The van der Waals surface area contributed by atoms with Crippen molar-refractivity contribution in [2.45, 2.75) is 5.92 Å². The SMILES string of the molecule is Cn1c2c(c(=O)n(C)c1=O)C(c1cccc3ccccc13)C1=C(N2)c2ccccc2C1=O. The van der Waals surface area contributed by atoms with Crippen molar-refractivity contribution in [1.82, 2.24) is 9.13 Å². The Morgan fingerprint density at radius 1 is 0.781 bits per heavy atom. The van der Waals surface area contributed by atoms with E-state index in [9.17, 15) is 14.4 Å². The number of hydrogen-bond acceptors (Lipinski definition) is 4. The Labute approximate surface area is 183 Å². The van der Waals surface area contributed by atoms with Crippen LogP contribution >= 0.6 is 0 Å². The molecular formula is C26H19N3O3. The van der Waals surface area contributed by atoms with E-state index in [1.54, 1.807) is 13.1 Å². The van der Waals surface area contributed by atoms with E-state index in [-0.39, 0.29) is 5.78 Å². The topological polar surface area (TPSA) is 73.1 Å². The van der Waals surface area contributed by atoms with Crippen LogP contribution < -0.4 is 16.6 Å². The quantitative estimate of drug-likeness (QED) is 0.511. The molecule has 0 spiro atoms. The van der Waals surface area contributed by atoms with Crippen LogP contribution in [0.2, 0.25) is 0 Å². The van der Waals surface area contributed by atoms with Crippen molar-refractivity contribution in [3.8, 4) is 0 Å². The Hall–Kier alpha value is -4.19. The summed E-state index contributed by atoms with van der Waals surface area (Å²) in [6.07, 6.45) is 0. The Kier molecular flexibility index (Phi) is 3.72. The van der Waals surface area contributed by atoms with Crippen LogP contribution in [0.1, 0.15) is 33.0 Å². The number of carbonyl (C=O) groups is 1. The number of ketones is 1. The fraction of sp³-hybridized carbons (Fsp3) is 0.115. The van der Waals surface area contributed by atoms with E-state index in [1.807, 2.05) is 60.7 Å². The van der Waals surface area contributed by atoms with Gasteiger partial charge in [-0.1, -0.05) is 66.7 Å². The molecule has 1 aromatic heterocycles. The first kappa shape index (κ1) is 18.6. The first-order valence-electron chi connectivity index (χ1n) is 10.4. The predicted molar refractivity (Wildman–Crippen MR) is 124 cm³/mol. The number of benzene rings is 3. The van der Waals surface area contributed by atoms with E-state index in [1.165, 1.54) is 11.6 Å². The van der Waals surface area contributed by atoms with Crippen molar-refractivity contribution in [3.05, 3.63) is 115 Å². The van der Waals surface area contributed by atoms with Gasteiger partial charge in [-0.05, 0) is 16.3 Å². The molecule has 1 atom stereocenters. The number of anilines is 1. The van der Waals surface area contributed by atoms with Gasteiger partial charge in [0.05, 0.1) is 11.3 Å². The maximum absolute atomic E-state index is 13.6. The Bertz CT molecular complexity index is 1630. The second-order valence-corrected chi connectivity index (χ2v) is 8.26. The van der Waals surface area contributed by atoms with Crippen LogP contribution in [0.4, 0.5) is 5.82 Å². The minimum absolute atomic E-state index is 0.0948. The van der Waals surface area contributed by atoms with Crippen molar-refractivity contribution in [2.75, 3.05) is 5.32 Å². The van der Waals surface area contributed by atoms with E-state index in [0.29, 0.717) is 28.2 Å². The van der Waals surface area contributed by atoms with Crippen LogP contribution in [-0.4, -0.2) is 14.9 Å². The van der Waals surface area contributed by atoms with Gasteiger partial charge in [-0.25, -0.2) is 4.79 Å². The number of nitrogens with one attached hydrogen (secondary N) is 1. The largest absolute Gasteiger partial charge is 0.340 e. The smallest absolute Gasteiger partial charge is 0.332 e. The third-order valence-electron chi connectivity index (χ3n) is 6.61. The van der Waals surface area contributed by atoms with Gasteiger partial charge in [0.2, 0.25) is 0 Å². The maximum atomic E-state index is 13.6. The standard InChI is InChI=1S/C26H19N3O3/c1-28-24-21(25(31)29(2)26(28)32)19(16-13-7-9-14-8-3-4-10-15(14)16)20-22(27-24)17-11-5-6-12-18(17)23(20)30/h3-13,19,27H,1-2H3. The van der Waals surface area contributed by atoms with Gasteiger partial charge >= 0.3 is 5.69 Å². The summed E-state index contributed by atoms with van der Waals surface area (Å²) in [5.74, 6) is -0.264. The number of carbonyl (C=O) groups excluding carboxylic acids is 1. The first-order chi connectivity index (χ1) is 15.5.